The summed E-state index contributed by atoms with van der Waals surface area (Å²) in [5.41, 5.74) is 1.99. The van der Waals surface area contributed by atoms with Crippen molar-refractivity contribution >= 4 is 5.82 Å². The van der Waals surface area contributed by atoms with E-state index in [-0.39, 0.29) is 0 Å². The van der Waals surface area contributed by atoms with Crippen molar-refractivity contribution in [1.82, 2.24) is 9.78 Å². The molecule has 2 rings (SSSR count). The molecule has 1 fully saturated rings. The Hall–Kier alpha value is -1.50. The highest BCUT2D eigenvalue weighted by Crippen LogP contribution is 2.39. The van der Waals surface area contributed by atoms with Gasteiger partial charge in [-0.2, -0.15) is 10.4 Å². The molecular weight excluding hydrogens is 224 g/mol. The van der Waals surface area contributed by atoms with Crippen molar-refractivity contribution in [2.24, 2.45) is 12.5 Å². The third-order valence-corrected chi connectivity index (χ3v) is 4.54. The van der Waals surface area contributed by atoms with Gasteiger partial charge in [-0.3, -0.25) is 4.68 Å². The molecule has 0 amide bonds. The van der Waals surface area contributed by atoms with Crippen LogP contribution >= 0.6 is 0 Å². The average Bonchev–Trinajstić information content (AvgIpc) is 2.90. The lowest BCUT2D eigenvalue weighted by molar-refractivity contribution is 0.301. The summed E-state index contributed by atoms with van der Waals surface area (Å²) in [5.74, 6) is 0.999. The Morgan fingerprint density at radius 1 is 1.39 bits per heavy atom. The van der Waals surface area contributed by atoms with Crippen LogP contribution < -0.4 is 4.90 Å². The topological polar surface area (TPSA) is 44.9 Å². The molecule has 1 saturated heterocycles. The first-order chi connectivity index (χ1) is 8.56. The van der Waals surface area contributed by atoms with E-state index in [9.17, 15) is 5.26 Å². The van der Waals surface area contributed by atoms with Crippen LogP contribution in [0, 0.1) is 23.7 Å². The molecule has 0 spiro atoms. The van der Waals surface area contributed by atoms with Crippen LogP contribution in [0.4, 0.5) is 5.82 Å². The fourth-order valence-corrected chi connectivity index (χ4v) is 3.08. The summed E-state index contributed by atoms with van der Waals surface area (Å²) in [6, 6.07) is 2.30. The van der Waals surface area contributed by atoms with Crippen LogP contribution in [0.5, 0.6) is 0 Å². The molecule has 0 saturated carbocycles. The van der Waals surface area contributed by atoms with E-state index in [0.717, 1.165) is 30.2 Å². The van der Waals surface area contributed by atoms with Crippen LogP contribution in [-0.2, 0) is 7.05 Å². The quantitative estimate of drug-likeness (QED) is 0.823. The summed E-state index contributed by atoms with van der Waals surface area (Å²) in [6.07, 6.45) is 3.63. The van der Waals surface area contributed by atoms with Gasteiger partial charge in [-0.25, -0.2) is 0 Å². The zero-order valence-corrected chi connectivity index (χ0v) is 11.8. The zero-order valence-electron chi connectivity index (χ0n) is 11.8. The van der Waals surface area contributed by atoms with Crippen molar-refractivity contribution in [3.8, 4) is 6.07 Å². The SMILES string of the molecule is CCC1(CC)CCN(c2c(C#N)c(C)nn2C)C1. The molecule has 4 heteroatoms. The third-order valence-electron chi connectivity index (χ3n) is 4.54. The average molecular weight is 246 g/mol. The second-order valence-corrected chi connectivity index (χ2v) is 5.40. The Balaban J connectivity index is 2.33. The molecule has 1 aliphatic heterocycles. The lowest BCUT2D eigenvalue weighted by Gasteiger charge is -2.27. The predicted octanol–water partition coefficient (Wildman–Crippen LogP) is 2.62. The molecular formula is C14H22N4. The van der Waals surface area contributed by atoms with Crippen LogP contribution in [0.25, 0.3) is 0 Å². The van der Waals surface area contributed by atoms with E-state index in [4.69, 9.17) is 0 Å². The molecule has 0 radical (unpaired) electrons. The van der Waals surface area contributed by atoms with Gasteiger partial charge in [-0.15, -0.1) is 0 Å². The molecule has 1 aromatic heterocycles. The number of nitrogens with zero attached hydrogens (tertiary/aromatic N) is 4. The molecule has 0 aliphatic carbocycles. The van der Waals surface area contributed by atoms with E-state index in [1.165, 1.54) is 19.3 Å². The Kier molecular flexibility index (Phi) is 3.34. The lowest BCUT2D eigenvalue weighted by atomic mass is 9.82. The van der Waals surface area contributed by atoms with Gasteiger partial charge in [0, 0.05) is 20.1 Å². The number of rotatable bonds is 3. The summed E-state index contributed by atoms with van der Waals surface area (Å²) < 4.78 is 1.86. The molecule has 0 bridgehead atoms. The van der Waals surface area contributed by atoms with Gasteiger partial charge in [0.25, 0.3) is 0 Å². The zero-order chi connectivity index (χ0) is 13.3. The number of anilines is 1. The lowest BCUT2D eigenvalue weighted by Crippen LogP contribution is -2.28. The molecule has 1 aromatic rings. The molecule has 0 aromatic carbocycles. The van der Waals surface area contributed by atoms with Crippen LogP contribution in [-0.4, -0.2) is 22.9 Å². The smallest absolute Gasteiger partial charge is 0.144 e. The predicted molar refractivity (Wildman–Crippen MR) is 72.5 cm³/mol. The minimum Gasteiger partial charge on any atom is -0.355 e. The van der Waals surface area contributed by atoms with E-state index < -0.39 is 0 Å². The van der Waals surface area contributed by atoms with Gasteiger partial charge in [0.05, 0.1) is 5.69 Å². The first kappa shape index (κ1) is 12.9. The molecule has 0 unspecified atom stereocenters. The van der Waals surface area contributed by atoms with E-state index in [0.29, 0.717) is 5.41 Å². The fourth-order valence-electron chi connectivity index (χ4n) is 3.08. The Morgan fingerprint density at radius 3 is 2.56 bits per heavy atom. The number of hydrogen-bond acceptors (Lipinski definition) is 3. The Morgan fingerprint density at radius 2 is 2.06 bits per heavy atom. The van der Waals surface area contributed by atoms with E-state index in [1.54, 1.807) is 0 Å². The second-order valence-electron chi connectivity index (χ2n) is 5.40. The molecule has 98 valence electrons. The van der Waals surface area contributed by atoms with Crippen molar-refractivity contribution < 1.29 is 0 Å². The van der Waals surface area contributed by atoms with E-state index in [1.807, 2.05) is 18.7 Å². The van der Waals surface area contributed by atoms with Gasteiger partial charge in [-0.05, 0) is 31.6 Å². The minimum absolute atomic E-state index is 0.422. The molecule has 0 N–H and O–H groups in total. The van der Waals surface area contributed by atoms with Gasteiger partial charge in [-0.1, -0.05) is 13.8 Å². The third kappa shape index (κ3) is 1.88. The standard InChI is InChI=1S/C14H22N4/c1-5-14(6-2)7-8-18(10-14)13-12(9-15)11(3)16-17(13)4/h5-8,10H2,1-4H3. The molecule has 4 nitrogen and oxygen atoms in total. The maximum absolute atomic E-state index is 9.29. The largest absolute Gasteiger partial charge is 0.355 e. The second kappa shape index (κ2) is 4.64. The Bertz CT molecular complexity index is 477. The molecule has 18 heavy (non-hydrogen) atoms. The molecule has 2 heterocycles. The summed E-state index contributed by atoms with van der Waals surface area (Å²) >= 11 is 0. The van der Waals surface area contributed by atoms with Crippen LogP contribution in [0.3, 0.4) is 0 Å². The maximum atomic E-state index is 9.29. The van der Waals surface area contributed by atoms with Crippen molar-refractivity contribution in [3.05, 3.63) is 11.3 Å². The molecule has 0 atom stereocenters. The first-order valence-electron chi connectivity index (χ1n) is 6.75. The summed E-state index contributed by atoms with van der Waals surface area (Å²) in [7, 11) is 1.93. The first-order valence-corrected chi connectivity index (χ1v) is 6.75. The van der Waals surface area contributed by atoms with Crippen molar-refractivity contribution in [1.29, 1.82) is 5.26 Å². The monoisotopic (exact) mass is 246 g/mol. The maximum Gasteiger partial charge on any atom is 0.144 e. The summed E-state index contributed by atoms with van der Waals surface area (Å²) in [6.45, 7) is 8.54. The van der Waals surface area contributed by atoms with Gasteiger partial charge >= 0.3 is 0 Å². The number of nitriles is 1. The van der Waals surface area contributed by atoms with Crippen LogP contribution in [0.1, 0.15) is 44.4 Å². The number of aryl methyl sites for hydroxylation is 2. The fraction of sp³-hybridized carbons (Fsp3) is 0.714. The Labute approximate surface area is 109 Å². The van der Waals surface area contributed by atoms with E-state index >= 15 is 0 Å². The van der Waals surface area contributed by atoms with Crippen LogP contribution in [0.15, 0.2) is 0 Å². The highest BCUT2D eigenvalue weighted by Gasteiger charge is 2.37. The van der Waals surface area contributed by atoms with Crippen molar-refractivity contribution in [2.45, 2.75) is 40.0 Å². The van der Waals surface area contributed by atoms with Gasteiger partial charge in [0.1, 0.15) is 17.5 Å². The van der Waals surface area contributed by atoms with Crippen molar-refractivity contribution in [3.63, 3.8) is 0 Å². The summed E-state index contributed by atoms with van der Waals surface area (Å²) in [5, 5.41) is 13.7. The highest BCUT2D eigenvalue weighted by molar-refractivity contribution is 5.57. The van der Waals surface area contributed by atoms with Gasteiger partial charge in [0.15, 0.2) is 0 Å². The van der Waals surface area contributed by atoms with Gasteiger partial charge < -0.3 is 4.90 Å². The van der Waals surface area contributed by atoms with Crippen molar-refractivity contribution in [2.75, 3.05) is 18.0 Å². The van der Waals surface area contributed by atoms with Gasteiger partial charge in [0.2, 0.25) is 0 Å². The van der Waals surface area contributed by atoms with E-state index in [2.05, 4.69) is 29.9 Å². The minimum atomic E-state index is 0.422. The number of hydrogen-bond donors (Lipinski definition) is 0. The van der Waals surface area contributed by atoms with Crippen LogP contribution in [0.2, 0.25) is 0 Å². The highest BCUT2D eigenvalue weighted by atomic mass is 15.4. The summed E-state index contributed by atoms with van der Waals surface area (Å²) in [4.78, 5) is 2.34. The molecule has 1 aliphatic rings. The normalized spacial score (nSPS) is 18.1. The number of aromatic nitrogens is 2.